The first-order valence-corrected chi connectivity index (χ1v) is 5.61. The first-order chi connectivity index (χ1) is 6.80. The van der Waals surface area contributed by atoms with Gasteiger partial charge in [-0.3, -0.25) is 4.79 Å². The second kappa shape index (κ2) is 3.63. The predicted octanol–water partition coefficient (Wildman–Crippen LogP) is 1.75. The third-order valence-corrected chi connectivity index (χ3v) is 3.40. The third-order valence-electron chi connectivity index (χ3n) is 3.40. The normalized spacial score (nSPS) is 37.4. The minimum absolute atomic E-state index is 0.244. The lowest BCUT2D eigenvalue weighted by molar-refractivity contribution is -0.191. The fourth-order valence-electron chi connectivity index (χ4n) is 2.83. The largest absolute Gasteiger partial charge is 0.347 e. The standard InChI is InChI=1S/C9H12O3.C2H6/c10-8-4-7-3-6(8)5-9(7)11-1-2-12-9;1-2/h6-7H,1-5H2;1-2H3. The van der Waals surface area contributed by atoms with Crippen molar-refractivity contribution in [1.82, 2.24) is 0 Å². The van der Waals surface area contributed by atoms with Crippen LogP contribution in [0.5, 0.6) is 0 Å². The van der Waals surface area contributed by atoms with E-state index in [1.807, 2.05) is 13.8 Å². The van der Waals surface area contributed by atoms with Crippen LogP contribution in [-0.4, -0.2) is 24.8 Å². The fourth-order valence-corrected chi connectivity index (χ4v) is 2.83. The zero-order valence-electron chi connectivity index (χ0n) is 8.91. The minimum Gasteiger partial charge on any atom is -0.347 e. The molecule has 80 valence electrons. The van der Waals surface area contributed by atoms with Crippen molar-refractivity contribution in [3.05, 3.63) is 0 Å². The van der Waals surface area contributed by atoms with E-state index in [0.29, 0.717) is 31.3 Å². The zero-order valence-corrected chi connectivity index (χ0v) is 8.91. The van der Waals surface area contributed by atoms with Crippen molar-refractivity contribution >= 4 is 5.78 Å². The summed E-state index contributed by atoms with van der Waals surface area (Å²) < 4.78 is 11.2. The number of Topliss-reactive ketones (excluding diaryl/α,β-unsaturated/α-hetero) is 1. The molecular formula is C11H18O3. The topological polar surface area (TPSA) is 35.5 Å². The van der Waals surface area contributed by atoms with Gasteiger partial charge < -0.3 is 9.47 Å². The van der Waals surface area contributed by atoms with Gasteiger partial charge in [-0.25, -0.2) is 0 Å². The average Bonchev–Trinajstić information content (AvgIpc) is 2.87. The molecule has 2 bridgehead atoms. The maximum Gasteiger partial charge on any atom is 0.172 e. The van der Waals surface area contributed by atoms with Gasteiger partial charge in [0.1, 0.15) is 5.78 Å². The lowest BCUT2D eigenvalue weighted by atomic mass is 9.93. The summed E-state index contributed by atoms with van der Waals surface area (Å²) in [6.07, 6.45) is 2.50. The third kappa shape index (κ3) is 1.30. The smallest absolute Gasteiger partial charge is 0.172 e. The summed E-state index contributed by atoms with van der Waals surface area (Å²) in [5.74, 6) is 0.689. The molecular weight excluding hydrogens is 180 g/mol. The summed E-state index contributed by atoms with van der Waals surface area (Å²) in [5, 5.41) is 0. The summed E-state index contributed by atoms with van der Waals surface area (Å²) in [6.45, 7) is 5.41. The van der Waals surface area contributed by atoms with Gasteiger partial charge in [0.2, 0.25) is 0 Å². The van der Waals surface area contributed by atoms with Crippen molar-refractivity contribution < 1.29 is 14.3 Å². The van der Waals surface area contributed by atoms with Crippen LogP contribution in [-0.2, 0) is 14.3 Å². The Balaban J connectivity index is 0.000000354. The Morgan fingerprint density at radius 2 is 1.93 bits per heavy atom. The first kappa shape index (κ1) is 10.1. The van der Waals surface area contributed by atoms with Gasteiger partial charge in [-0.1, -0.05) is 13.8 Å². The van der Waals surface area contributed by atoms with E-state index in [9.17, 15) is 4.79 Å². The molecule has 2 atom stereocenters. The minimum atomic E-state index is -0.335. The van der Waals surface area contributed by atoms with E-state index < -0.39 is 0 Å². The monoisotopic (exact) mass is 198 g/mol. The molecule has 1 saturated heterocycles. The molecule has 14 heavy (non-hydrogen) atoms. The first-order valence-electron chi connectivity index (χ1n) is 5.61. The summed E-state index contributed by atoms with van der Waals surface area (Å²) >= 11 is 0. The van der Waals surface area contributed by atoms with E-state index in [-0.39, 0.29) is 11.7 Å². The van der Waals surface area contributed by atoms with Crippen molar-refractivity contribution in [1.29, 1.82) is 0 Å². The van der Waals surface area contributed by atoms with Crippen LogP contribution in [0.2, 0.25) is 0 Å². The Kier molecular flexibility index (Phi) is 2.62. The highest BCUT2D eigenvalue weighted by Crippen LogP contribution is 2.52. The molecule has 2 unspecified atom stereocenters. The number of carbonyl (C=O) groups excluding carboxylic acids is 1. The molecule has 0 aromatic rings. The quantitative estimate of drug-likeness (QED) is 0.595. The SMILES string of the molecule is CC.O=C1CC2CC1CC21OCCO1. The molecule has 3 aliphatic rings. The molecule has 0 N–H and O–H groups in total. The molecule has 0 aromatic heterocycles. The second-order valence-electron chi connectivity index (χ2n) is 4.01. The van der Waals surface area contributed by atoms with E-state index in [1.54, 1.807) is 0 Å². The van der Waals surface area contributed by atoms with Gasteiger partial charge in [0.15, 0.2) is 5.79 Å². The summed E-state index contributed by atoms with van der Waals surface area (Å²) in [7, 11) is 0. The van der Waals surface area contributed by atoms with E-state index in [1.165, 1.54) is 0 Å². The number of fused-ring (bicyclic) bond motifs is 3. The molecule has 3 fully saturated rings. The molecule has 2 saturated carbocycles. The number of ether oxygens (including phenoxy) is 2. The van der Waals surface area contributed by atoms with Gasteiger partial charge >= 0.3 is 0 Å². The zero-order chi connectivity index (χ0) is 10.2. The van der Waals surface area contributed by atoms with Gasteiger partial charge in [-0.05, 0) is 6.42 Å². The summed E-state index contributed by atoms with van der Waals surface area (Å²) in [6, 6.07) is 0. The summed E-state index contributed by atoms with van der Waals surface area (Å²) in [5.41, 5.74) is 0. The number of carbonyl (C=O) groups is 1. The van der Waals surface area contributed by atoms with Crippen LogP contribution in [0.3, 0.4) is 0 Å². The Hall–Kier alpha value is -0.410. The van der Waals surface area contributed by atoms with Crippen LogP contribution in [0.4, 0.5) is 0 Å². The summed E-state index contributed by atoms with van der Waals surface area (Å²) in [4.78, 5) is 11.3. The Morgan fingerprint density at radius 3 is 2.36 bits per heavy atom. The highest BCUT2D eigenvalue weighted by atomic mass is 16.7. The lowest BCUT2D eigenvalue weighted by Gasteiger charge is -2.30. The van der Waals surface area contributed by atoms with Gasteiger partial charge in [-0.15, -0.1) is 0 Å². The van der Waals surface area contributed by atoms with Gasteiger partial charge in [0, 0.05) is 24.7 Å². The van der Waals surface area contributed by atoms with Crippen molar-refractivity contribution in [3.63, 3.8) is 0 Å². The van der Waals surface area contributed by atoms with Crippen LogP contribution < -0.4 is 0 Å². The molecule has 0 aromatic carbocycles. The number of hydrogen-bond donors (Lipinski definition) is 0. The predicted molar refractivity (Wildman–Crippen MR) is 51.8 cm³/mol. The van der Waals surface area contributed by atoms with E-state index in [4.69, 9.17) is 9.47 Å². The maximum absolute atomic E-state index is 11.3. The molecule has 2 aliphatic carbocycles. The highest BCUT2D eigenvalue weighted by molar-refractivity contribution is 5.84. The van der Waals surface area contributed by atoms with Gasteiger partial charge in [-0.2, -0.15) is 0 Å². The number of rotatable bonds is 0. The molecule has 3 rings (SSSR count). The lowest BCUT2D eigenvalue weighted by Crippen LogP contribution is -2.38. The van der Waals surface area contributed by atoms with Crippen molar-refractivity contribution in [2.75, 3.05) is 13.2 Å². The Bertz CT molecular complexity index is 231. The van der Waals surface area contributed by atoms with Crippen LogP contribution in [0.25, 0.3) is 0 Å². The Labute approximate surface area is 84.8 Å². The van der Waals surface area contributed by atoms with Crippen LogP contribution >= 0.6 is 0 Å². The molecule has 1 spiro atoms. The highest BCUT2D eigenvalue weighted by Gasteiger charge is 2.58. The van der Waals surface area contributed by atoms with Crippen LogP contribution in [0.15, 0.2) is 0 Å². The van der Waals surface area contributed by atoms with E-state index >= 15 is 0 Å². The van der Waals surface area contributed by atoms with Crippen molar-refractivity contribution in [2.45, 2.75) is 38.9 Å². The van der Waals surface area contributed by atoms with E-state index in [2.05, 4.69) is 0 Å². The van der Waals surface area contributed by atoms with Crippen LogP contribution in [0.1, 0.15) is 33.1 Å². The molecule has 3 nitrogen and oxygen atoms in total. The van der Waals surface area contributed by atoms with Gasteiger partial charge in [0.25, 0.3) is 0 Å². The number of hydrogen-bond acceptors (Lipinski definition) is 3. The molecule has 3 heteroatoms. The van der Waals surface area contributed by atoms with Crippen molar-refractivity contribution in [3.8, 4) is 0 Å². The van der Waals surface area contributed by atoms with Gasteiger partial charge in [0.05, 0.1) is 13.2 Å². The second-order valence-corrected chi connectivity index (χ2v) is 4.01. The Morgan fingerprint density at radius 1 is 1.29 bits per heavy atom. The molecule has 1 heterocycles. The van der Waals surface area contributed by atoms with Crippen molar-refractivity contribution in [2.24, 2.45) is 11.8 Å². The number of ketones is 1. The fraction of sp³-hybridized carbons (Fsp3) is 0.909. The molecule has 0 radical (unpaired) electrons. The maximum atomic E-state index is 11.3. The van der Waals surface area contributed by atoms with Crippen LogP contribution in [0, 0.1) is 11.8 Å². The molecule has 1 aliphatic heterocycles. The van der Waals surface area contributed by atoms with E-state index in [0.717, 1.165) is 12.8 Å². The molecule has 0 amide bonds. The average molecular weight is 198 g/mol.